The van der Waals surface area contributed by atoms with Gasteiger partial charge in [0, 0.05) is 55.6 Å². The number of nitrogens with zero attached hydrogens (tertiary/aromatic N) is 7. The lowest BCUT2D eigenvalue weighted by Gasteiger charge is -2.39. The van der Waals surface area contributed by atoms with Crippen LogP contribution in [0.3, 0.4) is 0 Å². The normalized spacial score (nSPS) is 15.8. The van der Waals surface area contributed by atoms with Crippen LogP contribution < -0.4 is 15.5 Å². The summed E-state index contributed by atoms with van der Waals surface area (Å²) < 4.78 is 7.52. The summed E-state index contributed by atoms with van der Waals surface area (Å²) in [5, 5.41) is 14.8. The van der Waals surface area contributed by atoms with Gasteiger partial charge in [-0.05, 0) is 42.0 Å². The molecule has 0 atom stereocenters. The third-order valence-electron chi connectivity index (χ3n) is 7.80. The Morgan fingerprint density at radius 3 is 2.23 bits per heavy atom. The number of fused-ring (bicyclic) bond motifs is 1. The third kappa shape index (κ3) is 6.18. The minimum atomic E-state index is -0.306. The van der Waals surface area contributed by atoms with Crippen molar-refractivity contribution < 1.29 is 9.53 Å². The molecule has 0 saturated carbocycles. The monoisotopic (exact) mass is 575 g/mol. The molecule has 2 amide bonds. The van der Waals surface area contributed by atoms with Gasteiger partial charge in [0.15, 0.2) is 22.8 Å². The fourth-order valence-electron chi connectivity index (χ4n) is 5.61. The summed E-state index contributed by atoms with van der Waals surface area (Å²) in [6, 6.07) is 27.2. The number of morpholine rings is 1. The van der Waals surface area contributed by atoms with Crippen molar-refractivity contribution in [2.75, 3.05) is 54.9 Å². The molecule has 2 saturated heterocycles. The molecule has 5 aromatic rings. The van der Waals surface area contributed by atoms with Gasteiger partial charge in [-0.3, -0.25) is 4.90 Å². The maximum Gasteiger partial charge on any atom is 0.323 e. The zero-order valence-corrected chi connectivity index (χ0v) is 23.8. The Morgan fingerprint density at radius 2 is 1.51 bits per heavy atom. The van der Waals surface area contributed by atoms with E-state index in [1.54, 1.807) is 0 Å². The van der Waals surface area contributed by atoms with Gasteiger partial charge in [-0.1, -0.05) is 53.7 Å². The van der Waals surface area contributed by atoms with Crippen LogP contribution in [-0.4, -0.2) is 75.3 Å². The van der Waals surface area contributed by atoms with Gasteiger partial charge in [-0.25, -0.2) is 19.4 Å². The van der Waals surface area contributed by atoms with E-state index in [9.17, 15) is 4.79 Å². The van der Waals surface area contributed by atoms with E-state index in [4.69, 9.17) is 14.7 Å². The zero-order chi connectivity index (χ0) is 29.0. The maximum absolute atomic E-state index is 12.5. The second kappa shape index (κ2) is 12.2. The number of aromatic nitrogens is 5. The number of urea groups is 1. The predicted molar refractivity (Wildman–Crippen MR) is 166 cm³/mol. The Labute approximate surface area is 249 Å². The fourth-order valence-corrected chi connectivity index (χ4v) is 5.61. The molecule has 11 nitrogen and oxygen atoms in total. The number of hydrogen-bond donors (Lipinski definition) is 2. The highest BCUT2D eigenvalue weighted by atomic mass is 16.5. The van der Waals surface area contributed by atoms with Gasteiger partial charge >= 0.3 is 6.03 Å². The smallest absolute Gasteiger partial charge is 0.323 e. The van der Waals surface area contributed by atoms with E-state index in [0.717, 1.165) is 62.0 Å². The minimum Gasteiger partial charge on any atom is -0.378 e. The SMILES string of the molecule is O=C(Nc1ccccc1)Nc1ccc(-c2nc(N3CCOCC3)c3nnn(CC4CN(Cc5ccccc5)C4)c3n2)cc1. The Hall–Kier alpha value is -4.87. The number of anilines is 3. The molecule has 0 spiro atoms. The molecule has 2 aromatic heterocycles. The van der Waals surface area contributed by atoms with Crippen LogP contribution in [0, 0.1) is 5.92 Å². The highest BCUT2D eigenvalue weighted by molar-refractivity contribution is 5.99. The van der Waals surface area contributed by atoms with E-state index < -0.39 is 0 Å². The van der Waals surface area contributed by atoms with Crippen LogP contribution in [0.15, 0.2) is 84.9 Å². The number of carbonyl (C=O) groups excluding carboxylic acids is 1. The van der Waals surface area contributed by atoms with Crippen molar-refractivity contribution in [1.29, 1.82) is 0 Å². The zero-order valence-electron chi connectivity index (χ0n) is 23.8. The Kier molecular flexibility index (Phi) is 7.63. The third-order valence-corrected chi connectivity index (χ3v) is 7.80. The van der Waals surface area contributed by atoms with Crippen LogP contribution in [0.4, 0.5) is 22.0 Å². The van der Waals surface area contributed by atoms with E-state index in [-0.39, 0.29) is 6.03 Å². The van der Waals surface area contributed by atoms with Gasteiger partial charge in [0.1, 0.15) is 0 Å². The van der Waals surface area contributed by atoms with Gasteiger partial charge in [-0.15, -0.1) is 5.10 Å². The molecule has 0 radical (unpaired) electrons. The molecule has 2 N–H and O–H groups in total. The number of likely N-dealkylation sites (tertiary alicyclic amines) is 1. The predicted octanol–water partition coefficient (Wildman–Crippen LogP) is 4.50. The van der Waals surface area contributed by atoms with Crippen molar-refractivity contribution >= 4 is 34.4 Å². The number of carbonyl (C=O) groups is 1. The van der Waals surface area contributed by atoms with E-state index in [0.29, 0.717) is 36.2 Å². The standard InChI is InChI=1S/C32H33N9O2/c42-32(33-26-9-5-2-6-10-26)34-27-13-11-25(12-14-27)29-35-30(40-15-17-43-18-16-40)28-31(36-29)41(38-37-28)22-24-20-39(21-24)19-23-7-3-1-4-8-23/h1-14,24H,15-22H2,(H2,33,34,42). The first-order valence-corrected chi connectivity index (χ1v) is 14.6. The number of amides is 2. The van der Waals surface area contributed by atoms with E-state index >= 15 is 0 Å². The number of ether oxygens (including phenoxy) is 1. The molecule has 11 heteroatoms. The quantitative estimate of drug-likeness (QED) is 0.278. The number of rotatable bonds is 8. The summed E-state index contributed by atoms with van der Waals surface area (Å²) in [5.41, 5.74) is 5.02. The van der Waals surface area contributed by atoms with Gasteiger partial charge in [0.25, 0.3) is 0 Å². The molecular formula is C32H33N9O2. The van der Waals surface area contributed by atoms with Crippen LogP contribution >= 0.6 is 0 Å². The lowest BCUT2D eigenvalue weighted by molar-refractivity contribution is 0.0782. The molecule has 2 aliphatic heterocycles. The lowest BCUT2D eigenvalue weighted by atomic mass is 9.99. The van der Waals surface area contributed by atoms with Crippen molar-refractivity contribution in [3.63, 3.8) is 0 Å². The largest absolute Gasteiger partial charge is 0.378 e. The van der Waals surface area contributed by atoms with Crippen LogP contribution in [0.25, 0.3) is 22.6 Å². The molecular weight excluding hydrogens is 542 g/mol. The first-order valence-electron chi connectivity index (χ1n) is 14.6. The second-order valence-electron chi connectivity index (χ2n) is 11.0. The van der Waals surface area contributed by atoms with E-state index in [1.165, 1.54) is 5.56 Å². The summed E-state index contributed by atoms with van der Waals surface area (Å²) in [6.07, 6.45) is 0. The summed E-state index contributed by atoms with van der Waals surface area (Å²) in [4.78, 5) is 27.0. The van der Waals surface area contributed by atoms with Crippen molar-refractivity contribution in [2.24, 2.45) is 5.92 Å². The first-order chi connectivity index (χ1) is 21.2. The summed E-state index contributed by atoms with van der Waals surface area (Å²) in [6.45, 7) is 6.47. The van der Waals surface area contributed by atoms with Crippen molar-refractivity contribution in [3.8, 4) is 11.4 Å². The van der Waals surface area contributed by atoms with Gasteiger partial charge in [-0.2, -0.15) is 0 Å². The van der Waals surface area contributed by atoms with Gasteiger partial charge < -0.3 is 20.3 Å². The number of para-hydroxylation sites is 1. The summed E-state index contributed by atoms with van der Waals surface area (Å²) in [7, 11) is 0. The molecule has 0 bridgehead atoms. The van der Waals surface area contributed by atoms with E-state index in [2.05, 4.69) is 61.1 Å². The number of nitrogens with one attached hydrogen (secondary N) is 2. The maximum atomic E-state index is 12.5. The Balaban J connectivity index is 1.10. The molecule has 0 aliphatic carbocycles. The van der Waals surface area contributed by atoms with Crippen molar-refractivity contribution in [2.45, 2.75) is 13.1 Å². The topological polar surface area (TPSA) is 113 Å². The first kappa shape index (κ1) is 27.0. The molecule has 0 unspecified atom stereocenters. The van der Waals surface area contributed by atoms with Crippen molar-refractivity contribution in [3.05, 3.63) is 90.5 Å². The average Bonchev–Trinajstić information content (AvgIpc) is 3.44. The van der Waals surface area contributed by atoms with E-state index in [1.807, 2.05) is 59.3 Å². The Morgan fingerprint density at radius 1 is 0.837 bits per heavy atom. The second-order valence-corrected chi connectivity index (χ2v) is 11.0. The summed E-state index contributed by atoms with van der Waals surface area (Å²) >= 11 is 0. The average molecular weight is 576 g/mol. The highest BCUT2D eigenvalue weighted by Gasteiger charge is 2.29. The molecule has 43 heavy (non-hydrogen) atoms. The number of hydrogen-bond acceptors (Lipinski definition) is 8. The summed E-state index contributed by atoms with van der Waals surface area (Å²) in [5.74, 6) is 1.85. The van der Waals surface area contributed by atoms with Crippen molar-refractivity contribution in [1.82, 2.24) is 29.9 Å². The molecule has 218 valence electrons. The van der Waals surface area contributed by atoms with Gasteiger partial charge in [0.2, 0.25) is 0 Å². The van der Waals surface area contributed by atoms with Gasteiger partial charge in [0.05, 0.1) is 19.8 Å². The highest BCUT2D eigenvalue weighted by Crippen LogP contribution is 2.29. The molecule has 2 fully saturated rings. The molecule has 7 rings (SSSR count). The molecule has 2 aliphatic rings. The Bertz CT molecular complexity index is 1680. The van der Waals surface area contributed by atoms with Crippen LogP contribution in [0.1, 0.15) is 5.56 Å². The minimum absolute atomic E-state index is 0.306. The van der Waals surface area contributed by atoms with Crippen LogP contribution in [0.5, 0.6) is 0 Å². The lowest BCUT2D eigenvalue weighted by Crippen LogP contribution is -2.47. The fraction of sp³-hybridized carbons (Fsp3) is 0.281. The molecule has 4 heterocycles. The van der Waals surface area contributed by atoms with Crippen LogP contribution in [0.2, 0.25) is 0 Å². The molecule has 3 aromatic carbocycles. The number of benzene rings is 3. The van der Waals surface area contributed by atoms with Crippen LogP contribution in [-0.2, 0) is 17.8 Å².